The highest BCUT2D eigenvalue weighted by Gasteiger charge is 2.22. The first-order valence-corrected chi connectivity index (χ1v) is 4.56. The van der Waals surface area contributed by atoms with Crippen LogP contribution in [0.4, 0.5) is 0 Å². The van der Waals surface area contributed by atoms with Gasteiger partial charge >= 0.3 is 5.97 Å². The Morgan fingerprint density at radius 2 is 2.31 bits per heavy atom. The average Bonchev–Trinajstić information content (AvgIpc) is 2.05. The maximum Gasteiger partial charge on any atom is 0.323 e. The number of hydrogen-bond donors (Lipinski definition) is 1. The van der Waals surface area contributed by atoms with E-state index >= 15 is 0 Å². The van der Waals surface area contributed by atoms with Gasteiger partial charge in [0.15, 0.2) is 6.07 Å². The van der Waals surface area contributed by atoms with Crippen LogP contribution in [0.1, 0.15) is 13.8 Å². The van der Waals surface area contributed by atoms with E-state index in [-0.39, 0.29) is 19.4 Å². The molecule has 0 bridgehead atoms. The van der Waals surface area contributed by atoms with E-state index in [4.69, 9.17) is 11.6 Å². The third-order valence-corrected chi connectivity index (χ3v) is 1.65. The fourth-order valence-electron chi connectivity index (χ4n) is 0.910. The molecular formula is C7H13BClNO3. The Hall–Kier alpha value is -0.545. The smallest absolute Gasteiger partial charge is 0.323 e. The molecule has 1 atom stereocenters. The van der Waals surface area contributed by atoms with Crippen LogP contribution in [0.25, 0.3) is 0 Å². The van der Waals surface area contributed by atoms with E-state index in [2.05, 4.69) is 9.96 Å². The molecule has 0 radical (unpaired) electrons. The summed E-state index contributed by atoms with van der Waals surface area (Å²) in [6.45, 7) is 3.72. The normalized spacial score (nSPS) is 12.3. The highest BCUT2D eigenvalue weighted by molar-refractivity contribution is 6.64. The summed E-state index contributed by atoms with van der Waals surface area (Å²) >= 11 is 5.24. The fraction of sp³-hybridized carbons (Fsp3) is 0.714. The van der Waals surface area contributed by atoms with E-state index in [1.807, 2.05) is 13.8 Å². The van der Waals surface area contributed by atoms with Crippen molar-refractivity contribution >= 4 is 31.2 Å². The molecule has 6 heteroatoms. The van der Waals surface area contributed by atoms with Crippen LogP contribution in [-0.2, 0) is 14.3 Å². The summed E-state index contributed by atoms with van der Waals surface area (Å²) in [4.78, 5) is 21.3. The molecule has 0 amide bonds. The summed E-state index contributed by atoms with van der Waals surface area (Å²) < 4.78 is 4.61. The number of rotatable bonds is 6. The third-order valence-electron chi connectivity index (χ3n) is 1.54. The van der Waals surface area contributed by atoms with Crippen LogP contribution in [0.15, 0.2) is 0 Å². The molecular weight excluding hydrogens is 192 g/mol. The van der Waals surface area contributed by atoms with Gasteiger partial charge in [-0.3, -0.25) is 4.79 Å². The van der Waals surface area contributed by atoms with Gasteiger partial charge in [-0.05, 0) is 5.92 Å². The van der Waals surface area contributed by atoms with Crippen LogP contribution in [0.3, 0.4) is 0 Å². The van der Waals surface area contributed by atoms with Crippen LogP contribution in [0.5, 0.6) is 0 Å². The number of halogens is 1. The van der Waals surface area contributed by atoms with Crippen LogP contribution >= 0.6 is 11.6 Å². The molecule has 0 aliphatic rings. The zero-order valence-electron chi connectivity index (χ0n) is 7.75. The lowest BCUT2D eigenvalue weighted by Gasteiger charge is -2.18. The van der Waals surface area contributed by atoms with Gasteiger partial charge in [0.1, 0.15) is 0 Å². The Labute approximate surface area is 83.2 Å². The molecule has 0 saturated heterocycles. The van der Waals surface area contributed by atoms with Crippen molar-refractivity contribution in [3.05, 3.63) is 0 Å². The van der Waals surface area contributed by atoms with Crippen molar-refractivity contribution in [2.45, 2.75) is 19.9 Å². The molecule has 0 aliphatic heterocycles. The molecule has 1 N–H and O–H groups in total. The van der Waals surface area contributed by atoms with Gasteiger partial charge in [-0.25, -0.2) is 0 Å². The molecule has 0 aromatic rings. The van der Waals surface area contributed by atoms with Crippen LogP contribution in [-0.4, -0.2) is 31.7 Å². The summed E-state index contributed by atoms with van der Waals surface area (Å²) in [6.07, 6.45) is 0.698. The van der Waals surface area contributed by atoms with E-state index in [1.54, 1.807) is 0 Å². The molecule has 4 nitrogen and oxygen atoms in total. The predicted molar refractivity (Wildman–Crippen MR) is 52.5 cm³/mol. The van der Waals surface area contributed by atoms with Gasteiger partial charge in [-0.15, -0.1) is 0 Å². The SMILES string of the molecule is CC(C)[C@H](NBC=O)C(=O)OCCl. The van der Waals surface area contributed by atoms with E-state index in [0.717, 1.165) is 0 Å². The number of alkyl halides is 1. The minimum absolute atomic E-state index is 0.0654. The van der Waals surface area contributed by atoms with Crippen molar-refractivity contribution in [3.8, 4) is 0 Å². The number of carbonyl (C=O) groups is 2. The van der Waals surface area contributed by atoms with Crippen molar-refractivity contribution < 1.29 is 14.3 Å². The van der Waals surface area contributed by atoms with Crippen LogP contribution in [0, 0.1) is 5.92 Å². The fourth-order valence-corrected chi connectivity index (χ4v) is 1.02. The maximum absolute atomic E-state index is 11.2. The van der Waals surface area contributed by atoms with Gasteiger partial charge in [0.2, 0.25) is 0 Å². The topological polar surface area (TPSA) is 55.4 Å². The zero-order chi connectivity index (χ0) is 10.3. The first-order valence-electron chi connectivity index (χ1n) is 4.03. The Morgan fingerprint density at radius 3 is 2.69 bits per heavy atom. The van der Waals surface area contributed by atoms with E-state index in [0.29, 0.717) is 6.19 Å². The summed E-state index contributed by atoms with van der Waals surface area (Å²) in [5.41, 5.74) is 0. The molecule has 0 fully saturated rings. The molecule has 0 spiro atoms. The standard InChI is InChI=1S/C7H13BClNO3/c1-5(2)6(10-8-3-11)7(12)13-4-9/h3,5-6,8,10H,4H2,1-2H3/t6-/m0/s1. The monoisotopic (exact) mass is 205 g/mol. The second kappa shape index (κ2) is 6.92. The number of hydrogen-bond acceptors (Lipinski definition) is 4. The molecule has 0 aromatic carbocycles. The lowest BCUT2D eigenvalue weighted by Crippen LogP contribution is -2.44. The molecule has 0 rings (SSSR count). The quantitative estimate of drug-likeness (QED) is 0.284. The lowest BCUT2D eigenvalue weighted by molar-refractivity contribution is -0.144. The summed E-state index contributed by atoms with van der Waals surface area (Å²) in [7, 11) is 0.139. The largest absolute Gasteiger partial charge is 0.448 e. The Morgan fingerprint density at radius 1 is 1.69 bits per heavy atom. The number of nitrogens with one attached hydrogen (secondary N) is 1. The Balaban J connectivity index is 4.06. The van der Waals surface area contributed by atoms with Gasteiger partial charge in [0, 0.05) is 0 Å². The summed E-state index contributed by atoms with van der Waals surface area (Å²) in [5, 5.41) is 2.75. The van der Waals surface area contributed by atoms with Crippen LogP contribution in [0.2, 0.25) is 0 Å². The first kappa shape index (κ1) is 12.5. The van der Waals surface area contributed by atoms with Gasteiger partial charge in [0.05, 0.1) is 12.2 Å². The lowest BCUT2D eigenvalue weighted by atomic mass is 9.92. The Bertz CT molecular complexity index is 177. The van der Waals surface area contributed by atoms with E-state index in [1.165, 1.54) is 0 Å². The minimum atomic E-state index is -0.469. The molecule has 0 aromatic heterocycles. The van der Waals surface area contributed by atoms with Gasteiger partial charge in [-0.1, -0.05) is 25.4 Å². The second-order valence-electron chi connectivity index (χ2n) is 2.87. The molecule has 0 unspecified atom stereocenters. The zero-order valence-corrected chi connectivity index (χ0v) is 8.50. The van der Waals surface area contributed by atoms with Crippen molar-refractivity contribution in [2.75, 3.05) is 6.07 Å². The number of carbonyl (C=O) groups excluding carboxylic acids is 2. The van der Waals surface area contributed by atoms with E-state index in [9.17, 15) is 9.59 Å². The van der Waals surface area contributed by atoms with Crippen molar-refractivity contribution in [2.24, 2.45) is 5.92 Å². The van der Waals surface area contributed by atoms with E-state index < -0.39 is 12.0 Å². The van der Waals surface area contributed by atoms with Crippen LogP contribution < -0.4 is 5.23 Å². The number of esters is 1. The summed E-state index contributed by atoms with van der Waals surface area (Å²) in [5.74, 6) is -0.359. The Kier molecular flexibility index (Phi) is 6.63. The number of ether oxygens (including phenoxy) is 1. The highest BCUT2D eigenvalue weighted by atomic mass is 35.5. The van der Waals surface area contributed by atoms with Crippen molar-refractivity contribution in [1.82, 2.24) is 5.23 Å². The van der Waals surface area contributed by atoms with Gasteiger partial charge in [-0.2, -0.15) is 0 Å². The van der Waals surface area contributed by atoms with Gasteiger partial charge in [0.25, 0.3) is 7.41 Å². The predicted octanol–water partition coefficient (Wildman–Crippen LogP) is -0.118. The molecule has 0 heterocycles. The minimum Gasteiger partial charge on any atom is -0.448 e. The first-order chi connectivity index (χ1) is 6.13. The highest BCUT2D eigenvalue weighted by Crippen LogP contribution is 2.03. The average molecular weight is 205 g/mol. The molecule has 74 valence electrons. The van der Waals surface area contributed by atoms with Crippen molar-refractivity contribution in [1.29, 1.82) is 0 Å². The maximum atomic E-state index is 11.2. The third kappa shape index (κ3) is 4.90. The molecule has 0 aliphatic carbocycles. The molecule has 0 saturated carbocycles. The van der Waals surface area contributed by atoms with Crippen molar-refractivity contribution in [3.63, 3.8) is 0 Å². The second-order valence-corrected chi connectivity index (χ2v) is 3.09. The molecule has 13 heavy (non-hydrogen) atoms. The summed E-state index contributed by atoms with van der Waals surface area (Å²) in [6, 6.07) is -0.630. The van der Waals surface area contributed by atoms with Gasteiger partial charge < -0.3 is 14.8 Å².